The van der Waals surface area contributed by atoms with Crippen LogP contribution in [-0.4, -0.2) is 46.8 Å². The fraction of sp³-hybridized carbons (Fsp3) is 0.529. The van der Waals surface area contributed by atoms with Gasteiger partial charge in [-0.1, -0.05) is 25.0 Å². The fourth-order valence-corrected chi connectivity index (χ4v) is 3.29. The lowest BCUT2D eigenvalue weighted by molar-refractivity contribution is -0.139. The number of hydrogen-bond acceptors (Lipinski definition) is 3. The van der Waals surface area contributed by atoms with Crippen LogP contribution in [0.3, 0.4) is 0 Å². The van der Waals surface area contributed by atoms with Crippen LogP contribution in [0.25, 0.3) is 10.9 Å². The maximum absolute atomic E-state index is 12.7. The molecule has 116 valence electrons. The third kappa shape index (κ3) is 2.86. The van der Waals surface area contributed by atoms with Gasteiger partial charge in [0.15, 0.2) is 0 Å². The van der Waals surface area contributed by atoms with Crippen LogP contribution in [0, 0.1) is 5.92 Å². The van der Waals surface area contributed by atoms with E-state index in [1.54, 1.807) is 6.20 Å². The summed E-state index contributed by atoms with van der Waals surface area (Å²) in [5, 5.41) is 8.07. The first kappa shape index (κ1) is 13.8. The van der Waals surface area contributed by atoms with Gasteiger partial charge in [0.2, 0.25) is 5.91 Å². The molecule has 1 amide bonds. The van der Waals surface area contributed by atoms with Crippen molar-refractivity contribution in [1.82, 2.24) is 15.1 Å². The third-order valence-electron chi connectivity index (χ3n) is 4.71. The van der Waals surface area contributed by atoms with Crippen molar-refractivity contribution in [3.05, 3.63) is 30.0 Å². The number of carbonyl (C=O) groups excluding carboxylic acids is 1. The summed E-state index contributed by atoms with van der Waals surface area (Å²) in [5.74, 6) is 1.02. The van der Waals surface area contributed by atoms with Gasteiger partial charge in [-0.15, -0.1) is 0 Å². The van der Waals surface area contributed by atoms with Gasteiger partial charge >= 0.3 is 0 Å². The predicted molar refractivity (Wildman–Crippen MR) is 83.5 cm³/mol. The number of carbonyl (C=O) groups is 1. The highest BCUT2D eigenvalue weighted by molar-refractivity contribution is 5.83. The summed E-state index contributed by atoms with van der Waals surface area (Å²) in [4.78, 5) is 14.7. The molecule has 22 heavy (non-hydrogen) atoms. The Kier molecular flexibility index (Phi) is 3.58. The molecule has 1 saturated carbocycles. The minimum Gasteiger partial charge on any atom is -0.377 e. The molecule has 0 spiro atoms. The number of aromatic nitrogens is 2. The zero-order valence-electron chi connectivity index (χ0n) is 12.6. The van der Waals surface area contributed by atoms with Crippen LogP contribution in [0.5, 0.6) is 0 Å². The number of H-pyrrole nitrogens is 1. The first-order valence-corrected chi connectivity index (χ1v) is 8.09. The quantitative estimate of drug-likeness (QED) is 0.941. The lowest BCUT2D eigenvalue weighted by Crippen LogP contribution is -2.49. The van der Waals surface area contributed by atoms with Gasteiger partial charge in [0.1, 0.15) is 0 Å². The molecular weight excluding hydrogens is 278 g/mol. The summed E-state index contributed by atoms with van der Waals surface area (Å²) in [6.45, 7) is 2.08. The Labute approximate surface area is 129 Å². The van der Waals surface area contributed by atoms with E-state index in [2.05, 4.69) is 10.2 Å². The first-order chi connectivity index (χ1) is 10.8. The number of hydrogen-bond donors (Lipinski definition) is 1. The Bertz CT molecular complexity index is 677. The lowest BCUT2D eigenvalue weighted by Gasteiger charge is -2.36. The number of rotatable bonds is 4. The fourth-order valence-electron chi connectivity index (χ4n) is 3.29. The van der Waals surface area contributed by atoms with Crippen LogP contribution >= 0.6 is 0 Å². The van der Waals surface area contributed by atoms with Gasteiger partial charge in [0, 0.05) is 11.9 Å². The second kappa shape index (κ2) is 5.72. The molecule has 1 aliphatic carbocycles. The third-order valence-corrected chi connectivity index (χ3v) is 4.71. The maximum Gasteiger partial charge on any atom is 0.227 e. The smallest absolute Gasteiger partial charge is 0.227 e. The Morgan fingerprint density at radius 2 is 2.32 bits per heavy atom. The van der Waals surface area contributed by atoms with Crippen LogP contribution in [0.4, 0.5) is 0 Å². The van der Waals surface area contributed by atoms with Crippen molar-refractivity contribution in [2.45, 2.75) is 31.7 Å². The Hall–Kier alpha value is -1.88. The van der Waals surface area contributed by atoms with Gasteiger partial charge < -0.3 is 9.64 Å². The van der Waals surface area contributed by atoms with E-state index in [1.807, 2.05) is 23.1 Å². The monoisotopic (exact) mass is 299 g/mol. The van der Waals surface area contributed by atoms with Crippen molar-refractivity contribution in [3.63, 3.8) is 0 Å². The van der Waals surface area contributed by atoms with Crippen LogP contribution in [0.1, 0.15) is 24.8 Å². The van der Waals surface area contributed by atoms with Crippen LogP contribution < -0.4 is 0 Å². The average Bonchev–Trinajstić information content (AvgIpc) is 3.22. The largest absolute Gasteiger partial charge is 0.377 e. The number of ether oxygens (including phenoxy) is 1. The van der Waals surface area contributed by atoms with E-state index in [4.69, 9.17) is 4.74 Å². The molecule has 2 aromatic rings. The SMILES string of the molecule is O=C(Cc1ccc2cn[nH]c2c1)N1CCOC[C@@H]1CC1CC1. The van der Waals surface area contributed by atoms with E-state index in [1.165, 1.54) is 12.8 Å². The van der Waals surface area contributed by atoms with E-state index in [-0.39, 0.29) is 11.9 Å². The zero-order chi connectivity index (χ0) is 14.9. The molecule has 1 aromatic heterocycles. The molecule has 0 unspecified atom stereocenters. The molecule has 5 heteroatoms. The van der Waals surface area contributed by atoms with Crippen molar-refractivity contribution >= 4 is 16.8 Å². The molecule has 2 aliphatic rings. The van der Waals surface area contributed by atoms with E-state index < -0.39 is 0 Å². The molecule has 5 nitrogen and oxygen atoms in total. The highest BCUT2D eigenvalue weighted by Gasteiger charge is 2.32. The molecule has 2 heterocycles. The highest BCUT2D eigenvalue weighted by atomic mass is 16.5. The van der Waals surface area contributed by atoms with E-state index in [0.717, 1.165) is 35.3 Å². The maximum atomic E-state index is 12.7. The van der Waals surface area contributed by atoms with E-state index >= 15 is 0 Å². The molecule has 0 bridgehead atoms. The van der Waals surface area contributed by atoms with Crippen LogP contribution in [0.15, 0.2) is 24.4 Å². The van der Waals surface area contributed by atoms with Crippen LogP contribution in [-0.2, 0) is 16.0 Å². The zero-order valence-corrected chi connectivity index (χ0v) is 12.6. The highest BCUT2D eigenvalue weighted by Crippen LogP contribution is 2.35. The predicted octanol–water partition coefficient (Wildman–Crippen LogP) is 2.13. The van der Waals surface area contributed by atoms with Crippen molar-refractivity contribution < 1.29 is 9.53 Å². The average molecular weight is 299 g/mol. The summed E-state index contributed by atoms with van der Waals surface area (Å²) in [5.41, 5.74) is 2.03. The second-order valence-electron chi connectivity index (χ2n) is 6.46. The van der Waals surface area contributed by atoms with E-state index in [0.29, 0.717) is 19.6 Å². The second-order valence-corrected chi connectivity index (χ2v) is 6.46. The standard InChI is InChI=1S/C17H21N3O2/c21-17(9-13-3-4-14-10-18-19-16(14)8-13)20-5-6-22-11-15(20)7-12-1-2-12/h3-4,8,10,12,15H,1-2,5-7,9,11H2,(H,18,19)/t15-/m0/s1. The number of amides is 1. The molecule has 0 radical (unpaired) electrons. The van der Waals surface area contributed by atoms with Gasteiger partial charge in [-0.25, -0.2) is 0 Å². The van der Waals surface area contributed by atoms with Gasteiger partial charge in [0.05, 0.1) is 37.4 Å². The molecule has 1 saturated heterocycles. The van der Waals surface area contributed by atoms with E-state index in [9.17, 15) is 4.79 Å². The van der Waals surface area contributed by atoms with Crippen LogP contribution in [0.2, 0.25) is 0 Å². The summed E-state index contributed by atoms with van der Waals surface area (Å²) in [6, 6.07) is 6.33. The summed E-state index contributed by atoms with van der Waals surface area (Å²) in [7, 11) is 0. The van der Waals surface area contributed by atoms with Gasteiger partial charge in [-0.3, -0.25) is 9.89 Å². The lowest BCUT2D eigenvalue weighted by atomic mass is 10.1. The number of morpholine rings is 1. The molecular formula is C17H21N3O2. The molecule has 1 aromatic carbocycles. The Morgan fingerprint density at radius 1 is 1.41 bits per heavy atom. The Balaban J connectivity index is 1.46. The number of fused-ring (bicyclic) bond motifs is 1. The Morgan fingerprint density at radius 3 is 3.18 bits per heavy atom. The summed E-state index contributed by atoms with van der Waals surface area (Å²) in [6.07, 6.45) is 5.99. The van der Waals surface area contributed by atoms with Crippen molar-refractivity contribution in [2.24, 2.45) is 5.92 Å². The van der Waals surface area contributed by atoms with Crippen molar-refractivity contribution in [2.75, 3.05) is 19.8 Å². The number of nitrogens with zero attached hydrogens (tertiary/aromatic N) is 2. The minimum atomic E-state index is 0.216. The van der Waals surface area contributed by atoms with Crippen molar-refractivity contribution in [1.29, 1.82) is 0 Å². The summed E-state index contributed by atoms with van der Waals surface area (Å²) < 4.78 is 5.58. The van der Waals surface area contributed by atoms with Gasteiger partial charge in [0.25, 0.3) is 0 Å². The van der Waals surface area contributed by atoms with Gasteiger partial charge in [-0.2, -0.15) is 5.10 Å². The normalized spacial score (nSPS) is 22.2. The summed E-state index contributed by atoms with van der Waals surface area (Å²) >= 11 is 0. The van der Waals surface area contributed by atoms with Crippen molar-refractivity contribution in [3.8, 4) is 0 Å². The number of nitrogens with one attached hydrogen (secondary N) is 1. The molecule has 1 atom stereocenters. The van der Waals surface area contributed by atoms with Gasteiger partial charge in [-0.05, 0) is 24.0 Å². The molecule has 2 fully saturated rings. The first-order valence-electron chi connectivity index (χ1n) is 8.09. The number of aromatic amines is 1. The number of benzene rings is 1. The molecule has 1 N–H and O–H groups in total. The molecule has 4 rings (SSSR count). The molecule has 1 aliphatic heterocycles. The topological polar surface area (TPSA) is 58.2 Å². The minimum absolute atomic E-state index is 0.216.